The summed E-state index contributed by atoms with van der Waals surface area (Å²) in [5.74, 6) is 1.26. The molecule has 2 heterocycles. The Bertz CT molecular complexity index is 1130. The molecule has 0 radical (unpaired) electrons. The van der Waals surface area contributed by atoms with Crippen LogP contribution in [0.2, 0.25) is 0 Å². The number of rotatable bonds is 5. The number of aromatic hydroxyl groups is 1. The molecular formula is C26H23N3O. The van der Waals surface area contributed by atoms with E-state index in [1.807, 2.05) is 24.3 Å². The SMILES string of the molecule is Oc1ccc(C2=CN3CC(Cc4ccccc4)=NC3=C(Cc3ccccc3)N2)cc1. The molecule has 2 aliphatic rings. The summed E-state index contributed by atoms with van der Waals surface area (Å²) in [4.78, 5) is 7.23. The lowest BCUT2D eigenvalue weighted by molar-refractivity contribution is 0.475. The van der Waals surface area contributed by atoms with E-state index in [1.165, 1.54) is 11.1 Å². The lowest BCUT2D eigenvalue weighted by Crippen LogP contribution is -2.29. The topological polar surface area (TPSA) is 47.9 Å². The Kier molecular flexibility index (Phi) is 4.81. The summed E-state index contributed by atoms with van der Waals surface area (Å²) < 4.78 is 0. The maximum absolute atomic E-state index is 9.65. The molecule has 0 aromatic heterocycles. The average Bonchev–Trinajstić information content (AvgIpc) is 3.18. The number of phenolic OH excluding ortho intramolecular Hbond substituents is 1. The maximum Gasteiger partial charge on any atom is 0.152 e. The van der Waals surface area contributed by atoms with Gasteiger partial charge in [0.05, 0.1) is 17.9 Å². The summed E-state index contributed by atoms with van der Waals surface area (Å²) >= 11 is 0. The summed E-state index contributed by atoms with van der Waals surface area (Å²) in [5, 5.41) is 13.3. The summed E-state index contributed by atoms with van der Waals surface area (Å²) in [7, 11) is 0. The van der Waals surface area contributed by atoms with Gasteiger partial charge in [0, 0.05) is 24.8 Å². The van der Waals surface area contributed by atoms with Crippen molar-refractivity contribution in [1.82, 2.24) is 10.2 Å². The van der Waals surface area contributed by atoms with E-state index in [0.29, 0.717) is 0 Å². The van der Waals surface area contributed by atoms with Gasteiger partial charge in [-0.3, -0.25) is 0 Å². The van der Waals surface area contributed by atoms with Gasteiger partial charge in [-0.15, -0.1) is 0 Å². The summed E-state index contributed by atoms with van der Waals surface area (Å²) in [6.45, 7) is 0.784. The predicted octanol–water partition coefficient (Wildman–Crippen LogP) is 4.70. The molecule has 0 saturated heterocycles. The molecule has 2 aliphatic heterocycles. The van der Waals surface area contributed by atoms with E-state index < -0.39 is 0 Å². The average molecular weight is 393 g/mol. The van der Waals surface area contributed by atoms with Crippen molar-refractivity contribution in [2.45, 2.75) is 12.8 Å². The van der Waals surface area contributed by atoms with Crippen LogP contribution >= 0.6 is 0 Å². The quantitative estimate of drug-likeness (QED) is 0.660. The number of allylic oxidation sites excluding steroid dienone is 1. The lowest BCUT2D eigenvalue weighted by Gasteiger charge is -2.27. The minimum absolute atomic E-state index is 0.269. The summed E-state index contributed by atoms with van der Waals surface area (Å²) in [6, 6.07) is 28.2. The van der Waals surface area contributed by atoms with E-state index in [1.54, 1.807) is 12.1 Å². The Morgan fingerprint density at radius 1 is 0.800 bits per heavy atom. The summed E-state index contributed by atoms with van der Waals surface area (Å²) in [5.41, 5.74) is 6.82. The highest BCUT2D eigenvalue weighted by Crippen LogP contribution is 2.30. The van der Waals surface area contributed by atoms with Crippen molar-refractivity contribution >= 4 is 11.4 Å². The number of nitrogens with zero attached hydrogens (tertiary/aromatic N) is 2. The third kappa shape index (κ3) is 3.85. The van der Waals surface area contributed by atoms with Gasteiger partial charge in [0.15, 0.2) is 5.82 Å². The molecule has 0 amide bonds. The molecule has 4 heteroatoms. The predicted molar refractivity (Wildman–Crippen MR) is 121 cm³/mol. The minimum Gasteiger partial charge on any atom is -0.508 e. The van der Waals surface area contributed by atoms with Crippen LogP contribution in [0.25, 0.3) is 5.70 Å². The molecule has 0 atom stereocenters. The van der Waals surface area contributed by atoms with Crippen LogP contribution in [0.15, 0.2) is 108 Å². The van der Waals surface area contributed by atoms with Crippen LogP contribution in [0, 0.1) is 0 Å². The van der Waals surface area contributed by atoms with Crippen LogP contribution in [-0.2, 0) is 12.8 Å². The molecule has 5 rings (SSSR count). The monoisotopic (exact) mass is 393 g/mol. The third-order valence-electron chi connectivity index (χ3n) is 5.38. The fourth-order valence-corrected chi connectivity index (χ4v) is 3.91. The van der Waals surface area contributed by atoms with Gasteiger partial charge in [-0.25, -0.2) is 4.99 Å². The molecule has 0 fully saturated rings. The van der Waals surface area contributed by atoms with Gasteiger partial charge >= 0.3 is 0 Å². The van der Waals surface area contributed by atoms with Gasteiger partial charge in [-0.2, -0.15) is 0 Å². The van der Waals surface area contributed by atoms with Crippen LogP contribution in [0.4, 0.5) is 0 Å². The van der Waals surface area contributed by atoms with Crippen molar-refractivity contribution in [3.05, 3.63) is 119 Å². The van der Waals surface area contributed by atoms with Gasteiger partial charge in [-0.1, -0.05) is 60.7 Å². The van der Waals surface area contributed by atoms with E-state index in [9.17, 15) is 5.11 Å². The molecule has 148 valence electrons. The van der Waals surface area contributed by atoms with Crippen molar-refractivity contribution < 1.29 is 5.11 Å². The number of hydrogen-bond donors (Lipinski definition) is 2. The van der Waals surface area contributed by atoms with E-state index >= 15 is 0 Å². The zero-order valence-corrected chi connectivity index (χ0v) is 16.6. The standard InChI is InChI=1S/C26H23N3O/c30-23-13-11-21(12-14-23)25-18-29-17-22(15-19-7-3-1-4-8-19)27-26(29)24(28-25)16-20-9-5-2-6-10-20/h1-14,18,28,30H,15-17H2. The van der Waals surface area contributed by atoms with Gasteiger partial charge in [-0.05, 0) is 41.0 Å². The van der Waals surface area contributed by atoms with E-state index in [-0.39, 0.29) is 5.75 Å². The Hall–Kier alpha value is -3.79. The van der Waals surface area contributed by atoms with E-state index in [0.717, 1.165) is 47.9 Å². The van der Waals surface area contributed by atoms with Crippen molar-refractivity contribution in [3.63, 3.8) is 0 Å². The van der Waals surface area contributed by atoms with Crippen LogP contribution in [0.3, 0.4) is 0 Å². The minimum atomic E-state index is 0.269. The first-order valence-electron chi connectivity index (χ1n) is 10.2. The second-order valence-corrected chi connectivity index (χ2v) is 7.65. The molecule has 3 aromatic carbocycles. The zero-order chi connectivity index (χ0) is 20.3. The number of hydrogen-bond acceptors (Lipinski definition) is 4. The molecule has 0 spiro atoms. The highest BCUT2D eigenvalue weighted by molar-refractivity contribution is 5.92. The van der Waals surface area contributed by atoms with Crippen molar-refractivity contribution in [2.75, 3.05) is 6.54 Å². The normalized spacial score (nSPS) is 15.4. The molecule has 3 aromatic rings. The van der Waals surface area contributed by atoms with Gasteiger partial charge in [0.2, 0.25) is 0 Å². The first-order chi connectivity index (χ1) is 14.7. The second-order valence-electron chi connectivity index (χ2n) is 7.65. The highest BCUT2D eigenvalue weighted by atomic mass is 16.3. The highest BCUT2D eigenvalue weighted by Gasteiger charge is 2.27. The van der Waals surface area contributed by atoms with Crippen LogP contribution in [-0.4, -0.2) is 22.3 Å². The van der Waals surface area contributed by atoms with Gasteiger partial charge in [0.1, 0.15) is 5.75 Å². The maximum atomic E-state index is 9.65. The Labute approximate surface area is 176 Å². The Morgan fingerprint density at radius 2 is 1.43 bits per heavy atom. The third-order valence-corrected chi connectivity index (χ3v) is 5.38. The summed E-state index contributed by atoms with van der Waals surface area (Å²) in [6.07, 6.45) is 3.75. The molecule has 0 saturated carbocycles. The van der Waals surface area contributed by atoms with Crippen molar-refractivity contribution in [1.29, 1.82) is 0 Å². The first kappa shape index (κ1) is 18.3. The van der Waals surface area contributed by atoms with E-state index in [2.05, 4.69) is 64.9 Å². The number of fused-ring (bicyclic) bond motifs is 1. The first-order valence-corrected chi connectivity index (χ1v) is 10.2. The number of phenols is 1. The Morgan fingerprint density at radius 3 is 2.10 bits per heavy atom. The molecule has 2 N–H and O–H groups in total. The van der Waals surface area contributed by atoms with Crippen LogP contribution < -0.4 is 5.32 Å². The fraction of sp³-hybridized carbons (Fsp3) is 0.115. The molecule has 4 nitrogen and oxygen atoms in total. The molecule has 0 unspecified atom stereocenters. The molecular weight excluding hydrogens is 370 g/mol. The number of nitrogens with one attached hydrogen (secondary N) is 1. The second kappa shape index (κ2) is 7.91. The zero-order valence-electron chi connectivity index (χ0n) is 16.6. The smallest absolute Gasteiger partial charge is 0.152 e. The van der Waals surface area contributed by atoms with Gasteiger partial charge < -0.3 is 15.3 Å². The van der Waals surface area contributed by atoms with Crippen LogP contribution in [0.5, 0.6) is 5.75 Å². The van der Waals surface area contributed by atoms with E-state index in [4.69, 9.17) is 4.99 Å². The lowest BCUT2D eigenvalue weighted by atomic mass is 10.1. The van der Waals surface area contributed by atoms with Crippen molar-refractivity contribution in [2.24, 2.45) is 4.99 Å². The van der Waals surface area contributed by atoms with Crippen molar-refractivity contribution in [3.8, 4) is 5.75 Å². The molecule has 30 heavy (non-hydrogen) atoms. The largest absolute Gasteiger partial charge is 0.508 e. The number of benzene rings is 3. The molecule has 0 bridgehead atoms. The number of aliphatic imine (C=N–C) groups is 1. The molecule has 0 aliphatic carbocycles. The van der Waals surface area contributed by atoms with Gasteiger partial charge in [0.25, 0.3) is 0 Å². The van der Waals surface area contributed by atoms with Crippen LogP contribution in [0.1, 0.15) is 16.7 Å². The fourth-order valence-electron chi connectivity index (χ4n) is 3.91. The Balaban J connectivity index is 1.47.